The van der Waals surface area contributed by atoms with Crippen molar-refractivity contribution in [2.75, 3.05) is 0 Å². The third-order valence-electron chi connectivity index (χ3n) is 4.53. The maximum atomic E-state index is 12.9. The number of carbonyl (C=O) groups excluding carboxylic acids is 1. The van der Waals surface area contributed by atoms with Crippen molar-refractivity contribution >= 4 is 5.91 Å². The van der Waals surface area contributed by atoms with Crippen LogP contribution in [-0.2, 0) is 24.1 Å². The first-order valence-corrected chi connectivity index (χ1v) is 8.27. The predicted molar refractivity (Wildman–Crippen MR) is 89.7 cm³/mol. The zero-order chi connectivity index (χ0) is 16.2. The Bertz CT molecular complexity index is 693. The molecule has 0 bridgehead atoms. The van der Waals surface area contributed by atoms with Crippen LogP contribution in [0, 0.1) is 5.82 Å². The van der Waals surface area contributed by atoms with Crippen LogP contribution in [0.5, 0.6) is 0 Å². The molecule has 2 aromatic carbocycles. The van der Waals surface area contributed by atoms with Gasteiger partial charge in [0.25, 0.3) is 0 Å². The molecule has 1 amide bonds. The summed E-state index contributed by atoms with van der Waals surface area (Å²) in [6.07, 6.45) is 5.11. The number of rotatable bonds is 4. The van der Waals surface area contributed by atoms with Crippen LogP contribution < -0.4 is 5.32 Å². The molecule has 0 spiro atoms. The summed E-state index contributed by atoms with van der Waals surface area (Å²) in [5.74, 6) is -0.321. The first-order chi connectivity index (χ1) is 11.1. The van der Waals surface area contributed by atoms with Crippen molar-refractivity contribution < 1.29 is 9.18 Å². The number of hydrogen-bond donors (Lipinski definition) is 1. The van der Waals surface area contributed by atoms with E-state index in [-0.39, 0.29) is 24.2 Å². The molecule has 0 heterocycles. The molecule has 0 saturated carbocycles. The Morgan fingerprint density at radius 1 is 1.09 bits per heavy atom. The Kier molecular flexibility index (Phi) is 4.75. The fraction of sp³-hybridized carbons (Fsp3) is 0.350. The second-order valence-electron chi connectivity index (χ2n) is 6.33. The Labute approximate surface area is 136 Å². The minimum atomic E-state index is -0.281. The lowest BCUT2D eigenvalue weighted by Gasteiger charge is -2.20. The van der Waals surface area contributed by atoms with E-state index in [2.05, 4.69) is 23.5 Å². The van der Waals surface area contributed by atoms with Crippen molar-refractivity contribution in [3.63, 3.8) is 0 Å². The average Bonchev–Trinajstić information content (AvgIpc) is 2.56. The van der Waals surface area contributed by atoms with Gasteiger partial charge in [-0.05, 0) is 67.0 Å². The molecular formula is C20H22FNO. The van der Waals surface area contributed by atoms with E-state index in [4.69, 9.17) is 0 Å². The lowest BCUT2D eigenvalue weighted by atomic mass is 9.89. The van der Waals surface area contributed by atoms with Gasteiger partial charge in [-0.3, -0.25) is 4.79 Å². The standard InChI is InChI=1S/C20H22FNO/c1-14(17-9-8-16-4-2-3-5-18(16)13-17)22-20(23)12-15-6-10-19(21)11-7-15/h6-11,13-14H,2-5,12H2,1H3,(H,22,23). The fourth-order valence-corrected chi connectivity index (χ4v) is 3.19. The number of benzene rings is 2. The molecule has 120 valence electrons. The van der Waals surface area contributed by atoms with Gasteiger partial charge in [0.15, 0.2) is 0 Å². The quantitative estimate of drug-likeness (QED) is 0.904. The molecule has 0 aromatic heterocycles. The van der Waals surface area contributed by atoms with Crippen molar-refractivity contribution in [2.24, 2.45) is 0 Å². The van der Waals surface area contributed by atoms with E-state index in [1.165, 1.54) is 42.5 Å². The lowest BCUT2D eigenvalue weighted by molar-refractivity contribution is -0.121. The van der Waals surface area contributed by atoms with Gasteiger partial charge in [0.2, 0.25) is 5.91 Å². The Hall–Kier alpha value is -2.16. The largest absolute Gasteiger partial charge is 0.349 e. The van der Waals surface area contributed by atoms with E-state index < -0.39 is 0 Å². The van der Waals surface area contributed by atoms with E-state index in [9.17, 15) is 9.18 Å². The molecule has 1 aliphatic carbocycles. The third kappa shape index (κ3) is 3.98. The van der Waals surface area contributed by atoms with Crippen LogP contribution in [-0.4, -0.2) is 5.91 Å². The predicted octanol–water partition coefficient (Wildman–Crippen LogP) is 4.12. The van der Waals surface area contributed by atoms with E-state index in [0.29, 0.717) is 0 Å². The lowest BCUT2D eigenvalue weighted by Crippen LogP contribution is -2.28. The molecule has 3 rings (SSSR count). The van der Waals surface area contributed by atoms with E-state index in [0.717, 1.165) is 17.5 Å². The van der Waals surface area contributed by atoms with Crippen molar-refractivity contribution in [1.29, 1.82) is 0 Å². The second kappa shape index (κ2) is 6.95. The van der Waals surface area contributed by atoms with Crippen molar-refractivity contribution in [2.45, 2.75) is 45.1 Å². The molecule has 1 unspecified atom stereocenters. The minimum Gasteiger partial charge on any atom is -0.349 e. The molecule has 1 N–H and O–H groups in total. The number of hydrogen-bond acceptors (Lipinski definition) is 1. The van der Waals surface area contributed by atoms with Crippen LogP contribution in [0.3, 0.4) is 0 Å². The Morgan fingerprint density at radius 2 is 1.78 bits per heavy atom. The van der Waals surface area contributed by atoms with Gasteiger partial charge in [-0.15, -0.1) is 0 Å². The first kappa shape index (κ1) is 15.7. The number of amides is 1. The summed E-state index contributed by atoms with van der Waals surface area (Å²) in [7, 11) is 0. The highest BCUT2D eigenvalue weighted by Crippen LogP contribution is 2.24. The van der Waals surface area contributed by atoms with Crippen LogP contribution in [0.2, 0.25) is 0 Å². The van der Waals surface area contributed by atoms with E-state index in [1.807, 2.05) is 6.92 Å². The van der Waals surface area contributed by atoms with Crippen molar-refractivity contribution in [1.82, 2.24) is 5.32 Å². The number of carbonyl (C=O) groups is 1. The highest BCUT2D eigenvalue weighted by atomic mass is 19.1. The number of aryl methyl sites for hydroxylation is 2. The van der Waals surface area contributed by atoms with Gasteiger partial charge in [0.05, 0.1) is 12.5 Å². The maximum Gasteiger partial charge on any atom is 0.224 e. The first-order valence-electron chi connectivity index (χ1n) is 8.27. The smallest absolute Gasteiger partial charge is 0.224 e. The highest BCUT2D eigenvalue weighted by molar-refractivity contribution is 5.79. The normalized spacial score (nSPS) is 14.9. The zero-order valence-electron chi connectivity index (χ0n) is 13.4. The zero-order valence-corrected chi connectivity index (χ0v) is 13.4. The molecule has 0 fully saturated rings. The van der Waals surface area contributed by atoms with Crippen LogP contribution in [0.1, 0.15) is 48.1 Å². The number of halogens is 1. The summed E-state index contributed by atoms with van der Waals surface area (Å²) >= 11 is 0. The van der Waals surface area contributed by atoms with Crippen LogP contribution in [0.15, 0.2) is 42.5 Å². The molecule has 23 heavy (non-hydrogen) atoms. The van der Waals surface area contributed by atoms with Gasteiger partial charge in [0.1, 0.15) is 5.82 Å². The molecule has 0 saturated heterocycles. The topological polar surface area (TPSA) is 29.1 Å². The van der Waals surface area contributed by atoms with Gasteiger partial charge in [-0.25, -0.2) is 4.39 Å². The Morgan fingerprint density at radius 3 is 2.52 bits per heavy atom. The van der Waals surface area contributed by atoms with Gasteiger partial charge in [-0.1, -0.05) is 30.3 Å². The summed E-state index contributed by atoms with van der Waals surface area (Å²) in [4.78, 5) is 12.2. The summed E-state index contributed by atoms with van der Waals surface area (Å²) < 4.78 is 12.9. The summed E-state index contributed by atoms with van der Waals surface area (Å²) in [5.41, 5.74) is 4.85. The van der Waals surface area contributed by atoms with Crippen LogP contribution in [0.4, 0.5) is 4.39 Å². The molecular weight excluding hydrogens is 289 g/mol. The van der Waals surface area contributed by atoms with Crippen molar-refractivity contribution in [3.05, 3.63) is 70.5 Å². The summed E-state index contributed by atoms with van der Waals surface area (Å²) in [5, 5.41) is 3.03. The third-order valence-corrected chi connectivity index (χ3v) is 4.53. The minimum absolute atomic E-state index is 0.0184. The maximum absolute atomic E-state index is 12.9. The van der Waals surface area contributed by atoms with Gasteiger partial charge >= 0.3 is 0 Å². The Balaban J connectivity index is 1.63. The SMILES string of the molecule is CC(NC(=O)Cc1ccc(F)cc1)c1ccc2c(c1)CCCC2. The van der Waals surface area contributed by atoms with Gasteiger partial charge < -0.3 is 5.32 Å². The van der Waals surface area contributed by atoms with Crippen LogP contribution in [0.25, 0.3) is 0 Å². The second-order valence-corrected chi connectivity index (χ2v) is 6.33. The van der Waals surface area contributed by atoms with E-state index >= 15 is 0 Å². The molecule has 1 aliphatic rings. The highest BCUT2D eigenvalue weighted by Gasteiger charge is 2.14. The number of fused-ring (bicyclic) bond motifs is 1. The number of nitrogens with one attached hydrogen (secondary N) is 1. The van der Waals surface area contributed by atoms with Gasteiger partial charge in [-0.2, -0.15) is 0 Å². The summed E-state index contributed by atoms with van der Waals surface area (Å²) in [6, 6.07) is 12.6. The van der Waals surface area contributed by atoms with E-state index in [1.54, 1.807) is 12.1 Å². The molecule has 0 radical (unpaired) electrons. The molecule has 3 heteroatoms. The van der Waals surface area contributed by atoms with Gasteiger partial charge in [0, 0.05) is 0 Å². The van der Waals surface area contributed by atoms with Crippen molar-refractivity contribution in [3.8, 4) is 0 Å². The summed E-state index contributed by atoms with van der Waals surface area (Å²) in [6.45, 7) is 2.01. The molecule has 2 aromatic rings. The molecule has 1 atom stereocenters. The fourth-order valence-electron chi connectivity index (χ4n) is 3.19. The monoisotopic (exact) mass is 311 g/mol. The van der Waals surface area contributed by atoms with Crippen LogP contribution >= 0.6 is 0 Å². The average molecular weight is 311 g/mol. The molecule has 2 nitrogen and oxygen atoms in total. The molecule has 0 aliphatic heterocycles.